The van der Waals surface area contributed by atoms with Crippen LogP contribution in [0.15, 0.2) is 107 Å². The zero-order chi connectivity index (χ0) is 32.2. The number of aliphatic hydroxyl groups is 1. The van der Waals surface area contributed by atoms with Gasteiger partial charge in [0.05, 0.1) is 25.8 Å². The maximum Gasteiger partial charge on any atom is 0.301 e. The zero-order valence-corrected chi connectivity index (χ0v) is 26.6. The molecule has 9 nitrogen and oxygen atoms in total. The van der Waals surface area contributed by atoms with Crippen molar-refractivity contribution in [2.75, 3.05) is 25.7 Å². The number of ether oxygens (including phenoxy) is 3. The Labute approximate surface area is 273 Å². The molecule has 1 aliphatic heterocycles. The van der Waals surface area contributed by atoms with Gasteiger partial charge in [-0.25, -0.2) is 0 Å². The summed E-state index contributed by atoms with van der Waals surface area (Å²) < 4.78 is 17.0. The lowest BCUT2D eigenvalue weighted by Crippen LogP contribution is -2.29. The number of hydrogen-bond donors (Lipinski definition) is 1. The van der Waals surface area contributed by atoms with E-state index in [0.29, 0.717) is 39.5 Å². The van der Waals surface area contributed by atoms with Crippen LogP contribution in [0.25, 0.3) is 16.5 Å². The Hall–Kier alpha value is -5.13. The Morgan fingerprint density at radius 2 is 1.74 bits per heavy atom. The number of anilines is 1. The smallest absolute Gasteiger partial charge is 0.301 e. The molecular formula is C35H29N3O6S2. The van der Waals surface area contributed by atoms with E-state index in [1.54, 1.807) is 48.5 Å². The molecule has 4 aromatic carbocycles. The number of amides is 1. The Morgan fingerprint density at radius 1 is 0.978 bits per heavy atom. The van der Waals surface area contributed by atoms with E-state index in [0.717, 1.165) is 16.3 Å². The van der Waals surface area contributed by atoms with Crippen molar-refractivity contribution < 1.29 is 28.9 Å². The summed E-state index contributed by atoms with van der Waals surface area (Å²) in [5.74, 6) is 0.0261. The minimum atomic E-state index is -0.981. The number of methoxy groups -OCH3 is 2. The average molecular weight is 652 g/mol. The van der Waals surface area contributed by atoms with Gasteiger partial charge in [0.15, 0.2) is 15.8 Å². The Morgan fingerprint density at radius 3 is 2.50 bits per heavy atom. The molecule has 5 aromatic rings. The van der Waals surface area contributed by atoms with Crippen molar-refractivity contribution >= 4 is 56.5 Å². The van der Waals surface area contributed by atoms with Crippen LogP contribution in [-0.4, -0.2) is 47.8 Å². The molecule has 1 N–H and O–H groups in total. The molecule has 11 heteroatoms. The highest BCUT2D eigenvalue weighted by Gasteiger charge is 2.48. The fraction of sp³-hybridized carbons (Fsp3) is 0.143. The SMILES string of the molecule is C=CCOc1ccc(C2C(=C(O)c3ccc(OC)c(OC)c3)C(=O)C(=O)N2c2nnc(SCc3cccc4ccccc34)s2)cc1. The number of carbonyl (C=O) groups excluding carboxylic acids is 2. The van der Waals surface area contributed by atoms with E-state index in [1.165, 1.54) is 42.2 Å². The molecule has 6 rings (SSSR count). The first-order valence-electron chi connectivity index (χ1n) is 14.2. The van der Waals surface area contributed by atoms with Crippen molar-refractivity contribution in [2.24, 2.45) is 0 Å². The lowest BCUT2D eigenvalue weighted by Gasteiger charge is -2.23. The molecule has 1 atom stereocenters. The van der Waals surface area contributed by atoms with Crippen molar-refractivity contribution in [1.29, 1.82) is 0 Å². The number of rotatable bonds is 11. The molecule has 0 aliphatic carbocycles. The highest BCUT2D eigenvalue weighted by atomic mass is 32.2. The molecule has 0 bridgehead atoms. The van der Waals surface area contributed by atoms with Gasteiger partial charge in [-0.3, -0.25) is 14.5 Å². The molecule has 232 valence electrons. The molecule has 1 aromatic heterocycles. The van der Waals surface area contributed by atoms with Gasteiger partial charge in [0.2, 0.25) is 5.13 Å². The number of aliphatic hydroxyl groups excluding tert-OH is 1. The van der Waals surface area contributed by atoms with Crippen molar-refractivity contribution in [2.45, 2.75) is 16.1 Å². The molecule has 0 saturated carbocycles. The van der Waals surface area contributed by atoms with E-state index in [-0.39, 0.29) is 22.0 Å². The summed E-state index contributed by atoms with van der Waals surface area (Å²) in [4.78, 5) is 28.7. The molecular weight excluding hydrogens is 623 g/mol. The number of carbonyl (C=O) groups is 2. The minimum Gasteiger partial charge on any atom is -0.507 e. The van der Waals surface area contributed by atoms with Gasteiger partial charge >= 0.3 is 5.91 Å². The van der Waals surface area contributed by atoms with Crippen LogP contribution in [0.4, 0.5) is 5.13 Å². The first-order chi connectivity index (χ1) is 22.4. The molecule has 1 amide bonds. The monoisotopic (exact) mass is 651 g/mol. The Balaban J connectivity index is 1.38. The summed E-state index contributed by atoms with van der Waals surface area (Å²) in [5, 5.41) is 22.8. The maximum atomic E-state index is 13.7. The predicted molar refractivity (Wildman–Crippen MR) is 180 cm³/mol. The summed E-state index contributed by atoms with van der Waals surface area (Å²) in [7, 11) is 2.98. The zero-order valence-electron chi connectivity index (χ0n) is 25.0. The van der Waals surface area contributed by atoms with Gasteiger partial charge in [-0.05, 0) is 52.2 Å². The Kier molecular flexibility index (Phi) is 9.04. The fourth-order valence-corrected chi connectivity index (χ4v) is 7.17. The van der Waals surface area contributed by atoms with Gasteiger partial charge in [-0.15, -0.1) is 10.2 Å². The number of nitrogens with zero attached hydrogens (tertiary/aromatic N) is 3. The van der Waals surface area contributed by atoms with Gasteiger partial charge < -0.3 is 19.3 Å². The quantitative estimate of drug-likeness (QED) is 0.0396. The van der Waals surface area contributed by atoms with Crippen molar-refractivity contribution in [3.63, 3.8) is 0 Å². The molecule has 1 unspecified atom stereocenters. The highest BCUT2D eigenvalue weighted by molar-refractivity contribution is 8.00. The number of aromatic nitrogens is 2. The van der Waals surface area contributed by atoms with Crippen LogP contribution >= 0.6 is 23.1 Å². The standard InChI is InChI=1S/C35H29N3O6S2/c1-4-18-44-25-15-12-22(13-16-25)30-29(31(39)23-14-17-27(42-2)28(19-23)43-3)32(40)33(41)38(30)34-36-37-35(46-34)45-20-24-10-7-9-21-8-5-6-11-26(21)24/h4-17,19,30,39H,1,18,20H2,2-3H3. The summed E-state index contributed by atoms with van der Waals surface area (Å²) in [5.41, 5.74) is 1.92. The van der Waals surface area contributed by atoms with Gasteiger partial charge in [0, 0.05) is 11.3 Å². The normalized spacial score (nSPS) is 15.7. The van der Waals surface area contributed by atoms with Crippen LogP contribution in [0.5, 0.6) is 17.2 Å². The van der Waals surface area contributed by atoms with Crippen LogP contribution < -0.4 is 19.1 Å². The summed E-state index contributed by atoms with van der Waals surface area (Å²) in [6.45, 7) is 3.99. The van der Waals surface area contributed by atoms with Gasteiger partial charge in [-0.2, -0.15) is 0 Å². The van der Waals surface area contributed by atoms with Gasteiger partial charge in [-0.1, -0.05) is 90.4 Å². The molecule has 1 fully saturated rings. The van der Waals surface area contributed by atoms with E-state index < -0.39 is 17.7 Å². The van der Waals surface area contributed by atoms with Crippen molar-refractivity contribution in [3.05, 3.63) is 120 Å². The third-order valence-corrected chi connectivity index (χ3v) is 9.60. The summed E-state index contributed by atoms with van der Waals surface area (Å²) >= 11 is 2.71. The highest BCUT2D eigenvalue weighted by Crippen LogP contribution is 2.45. The second-order valence-corrected chi connectivity index (χ2v) is 12.4. The second kappa shape index (κ2) is 13.5. The summed E-state index contributed by atoms with van der Waals surface area (Å²) in [6, 6.07) is 25.1. The van der Waals surface area contributed by atoms with Crippen molar-refractivity contribution in [1.82, 2.24) is 10.2 Å². The van der Waals surface area contributed by atoms with E-state index in [2.05, 4.69) is 41.0 Å². The molecule has 1 aliphatic rings. The first kappa shape index (κ1) is 30.9. The Bertz CT molecular complexity index is 1970. The third kappa shape index (κ3) is 5.94. The van der Waals surface area contributed by atoms with Gasteiger partial charge in [0.25, 0.3) is 5.78 Å². The number of Topliss-reactive ketones (excluding diaryl/α,β-unsaturated/α-hetero) is 1. The van der Waals surface area contributed by atoms with Crippen LogP contribution in [-0.2, 0) is 15.3 Å². The minimum absolute atomic E-state index is 0.0860. The number of benzene rings is 4. The van der Waals surface area contributed by atoms with Crippen LogP contribution in [0.2, 0.25) is 0 Å². The van der Waals surface area contributed by atoms with Crippen LogP contribution in [0, 0.1) is 0 Å². The summed E-state index contributed by atoms with van der Waals surface area (Å²) in [6.07, 6.45) is 1.64. The molecule has 46 heavy (non-hydrogen) atoms. The van der Waals surface area contributed by atoms with E-state index >= 15 is 0 Å². The van der Waals surface area contributed by atoms with E-state index in [4.69, 9.17) is 14.2 Å². The molecule has 1 saturated heterocycles. The van der Waals surface area contributed by atoms with Crippen LogP contribution in [0.3, 0.4) is 0 Å². The van der Waals surface area contributed by atoms with E-state index in [1.807, 2.05) is 18.2 Å². The molecule has 0 radical (unpaired) electrons. The molecule has 0 spiro atoms. The number of fused-ring (bicyclic) bond motifs is 1. The molecule has 2 heterocycles. The van der Waals surface area contributed by atoms with Crippen molar-refractivity contribution in [3.8, 4) is 17.2 Å². The number of ketones is 1. The third-order valence-electron chi connectivity index (χ3n) is 7.50. The lowest BCUT2D eigenvalue weighted by atomic mass is 9.95. The van der Waals surface area contributed by atoms with Gasteiger partial charge in [0.1, 0.15) is 18.1 Å². The lowest BCUT2D eigenvalue weighted by molar-refractivity contribution is -0.132. The topological polar surface area (TPSA) is 111 Å². The fourth-order valence-electron chi connectivity index (χ4n) is 5.30. The number of thioether (sulfide) groups is 1. The number of hydrogen-bond acceptors (Lipinski definition) is 10. The largest absolute Gasteiger partial charge is 0.507 e. The van der Waals surface area contributed by atoms with Crippen LogP contribution in [0.1, 0.15) is 22.7 Å². The maximum absolute atomic E-state index is 13.7. The average Bonchev–Trinajstić information content (AvgIpc) is 3.67. The first-order valence-corrected chi connectivity index (χ1v) is 16.0. The predicted octanol–water partition coefficient (Wildman–Crippen LogP) is 7.19. The van der Waals surface area contributed by atoms with E-state index in [9.17, 15) is 14.7 Å². The second-order valence-electron chi connectivity index (χ2n) is 10.2.